The normalized spacial score (nSPS) is 10.7. The van der Waals surface area contributed by atoms with Gasteiger partial charge in [-0.15, -0.1) is 0 Å². The van der Waals surface area contributed by atoms with E-state index in [4.69, 9.17) is 4.74 Å². The number of nitrogens with one attached hydrogen (secondary N) is 1. The van der Waals surface area contributed by atoms with Gasteiger partial charge in [-0.2, -0.15) is 0 Å². The third kappa shape index (κ3) is 4.96. The number of rotatable bonds is 7. The summed E-state index contributed by atoms with van der Waals surface area (Å²) in [5, 5.41) is 2.59. The predicted octanol–water partition coefficient (Wildman–Crippen LogP) is 4.83. The maximum Gasteiger partial charge on any atom is 0.269 e. The van der Waals surface area contributed by atoms with Crippen molar-refractivity contribution in [2.45, 2.75) is 20.1 Å². The molecule has 32 heavy (non-hydrogen) atoms. The second-order valence-corrected chi connectivity index (χ2v) is 7.88. The van der Waals surface area contributed by atoms with Crippen LogP contribution in [0.15, 0.2) is 58.3 Å². The van der Waals surface area contributed by atoms with E-state index in [0.29, 0.717) is 16.8 Å². The Morgan fingerprint density at radius 3 is 2.62 bits per heavy atom. The van der Waals surface area contributed by atoms with Crippen molar-refractivity contribution >= 4 is 27.9 Å². The zero-order valence-electron chi connectivity index (χ0n) is 17.5. The molecule has 2 aromatic carbocycles. The van der Waals surface area contributed by atoms with Crippen molar-refractivity contribution in [3.8, 4) is 5.75 Å². The lowest BCUT2D eigenvalue weighted by atomic mass is 10.0. The molecule has 0 bridgehead atoms. The van der Waals surface area contributed by atoms with Crippen LogP contribution in [0.1, 0.15) is 32.7 Å². The number of hydrogen-bond acceptors (Lipinski definition) is 3. The highest BCUT2D eigenvalue weighted by Gasteiger charge is 2.15. The summed E-state index contributed by atoms with van der Waals surface area (Å²) in [4.78, 5) is 25.1. The molecule has 1 amide bonds. The molecule has 3 rings (SSSR count). The fraction of sp³-hybridized carbons (Fsp3) is 0.167. The van der Waals surface area contributed by atoms with E-state index in [1.165, 1.54) is 10.6 Å². The van der Waals surface area contributed by atoms with E-state index >= 15 is 0 Å². The summed E-state index contributed by atoms with van der Waals surface area (Å²) in [7, 11) is 1.55. The molecule has 0 saturated carbocycles. The molecule has 0 aliphatic rings. The number of carbonyl (C=O) groups is 1. The Bertz CT molecular complexity index is 1250. The molecule has 166 valence electrons. The van der Waals surface area contributed by atoms with E-state index in [-0.39, 0.29) is 40.4 Å². The van der Waals surface area contributed by atoms with Crippen LogP contribution in [0.3, 0.4) is 0 Å². The van der Waals surface area contributed by atoms with E-state index in [2.05, 4.69) is 27.8 Å². The molecule has 0 unspecified atom stereocenters. The van der Waals surface area contributed by atoms with E-state index < -0.39 is 11.6 Å². The Morgan fingerprint density at radius 1 is 1.22 bits per heavy atom. The Kier molecular flexibility index (Phi) is 7.25. The number of benzene rings is 2. The SMILES string of the molecule is C=Cc1ccc(Cn2c(C)cc(OCc3ccc(F)cc3F)c(Br)c2=O)cc1C(=O)NC. The number of carbonyl (C=O) groups excluding carboxylic acids is 1. The molecule has 1 aromatic heterocycles. The number of aryl methyl sites for hydroxylation is 1. The van der Waals surface area contributed by atoms with Crippen molar-refractivity contribution in [1.82, 2.24) is 9.88 Å². The van der Waals surface area contributed by atoms with Gasteiger partial charge in [-0.25, -0.2) is 8.78 Å². The lowest BCUT2D eigenvalue weighted by molar-refractivity contribution is 0.0963. The van der Waals surface area contributed by atoms with Gasteiger partial charge in [-0.1, -0.05) is 24.8 Å². The number of nitrogens with zero attached hydrogens (tertiary/aromatic N) is 1. The van der Waals surface area contributed by atoms with Gasteiger partial charge in [0.1, 0.15) is 28.5 Å². The summed E-state index contributed by atoms with van der Waals surface area (Å²) in [6.45, 7) is 5.54. The average Bonchev–Trinajstić information content (AvgIpc) is 2.78. The average molecular weight is 503 g/mol. The maximum atomic E-state index is 13.9. The standard InChI is InChI=1S/C24H21BrF2N2O3/c1-4-16-6-5-15(10-19(16)23(30)28-3)12-29-14(2)9-21(22(25)24(29)31)32-13-17-7-8-18(26)11-20(17)27/h4-11H,1,12-13H2,2-3H3,(H,28,30). The Hall–Kier alpha value is -3.26. The van der Waals surface area contributed by atoms with Gasteiger partial charge >= 0.3 is 0 Å². The van der Waals surface area contributed by atoms with Gasteiger partial charge < -0.3 is 14.6 Å². The topological polar surface area (TPSA) is 60.3 Å². The summed E-state index contributed by atoms with van der Waals surface area (Å²) in [6, 6.07) is 10.2. The minimum Gasteiger partial charge on any atom is -0.487 e. The molecular formula is C24H21BrF2N2O3. The van der Waals surface area contributed by atoms with Crippen LogP contribution < -0.4 is 15.6 Å². The summed E-state index contributed by atoms with van der Waals surface area (Å²) < 4.78 is 34.3. The predicted molar refractivity (Wildman–Crippen MR) is 123 cm³/mol. The molecule has 0 fully saturated rings. The zero-order valence-corrected chi connectivity index (χ0v) is 19.1. The van der Waals surface area contributed by atoms with Crippen molar-refractivity contribution in [2.75, 3.05) is 7.05 Å². The number of hydrogen-bond donors (Lipinski definition) is 1. The van der Waals surface area contributed by atoms with Crippen molar-refractivity contribution in [1.29, 1.82) is 0 Å². The lowest BCUT2D eigenvalue weighted by Gasteiger charge is -2.16. The van der Waals surface area contributed by atoms with Crippen LogP contribution in [-0.4, -0.2) is 17.5 Å². The minimum atomic E-state index is -0.721. The van der Waals surface area contributed by atoms with E-state index in [1.54, 1.807) is 38.2 Å². The Labute approximate surface area is 192 Å². The first-order valence-electron chi connectivity index (χ1n) is 9.69. The maximum absolute atomic E-state index is 13.9. The van der Waals surface area contributed by atoms with E-state index in [0.717, 1.165) is 17.7 Å². The molecule has 5 nitrogen and oxygen atoms in total. The monoisotopic (exact) mass is 502 g/mol. The fourth-order valence-electron chi connectivity index (χ4n) is 3.20. The second-order valence-electron chi connectivity index (χ2n) is 7.08. The van der Waals surface area contributed by atoms with Crippen molar-refractivity contribution in [3.05, 3.63) is 103 Å². The van der Waals surface area contributed by atoms with Gasteiger partial charge in [0.05, 0.1) is 6.54 Å². The smallest absolute Gasteiger partial charge is 0.269 e. The number of aromatic nitrogens is 1. The van der Waals surface area contributed by atoms with Gasteiger partial charge in [-0.3, -0.25) is 9.59 Å². The first-order valence-corrected chi connectivity index (χ1v) is 10.5. The van der Waals surface area contributed by atoms with Crippen LogP contribution in [0.25, 0.3) is 6.08 Å². The Balaban J connectivity index is 1.88. The third-order valence-corrected chi connectivity index (χ3v) is 5.69. The number of amides is 1. The van der Waals surface area contributed by atoms with E-state index in [9.17, 15) is 18.4 Å². The van der Waals surface area contributed by atoms with Gasteiger partial charge in [-0.05, 0) is 52.2 Å². The highest BCUT2D eigenvalue weighted by molar-refractivity contribution is 9.10. The van der Waals surface area contributed by atoms with Crippen LogP contribution >= 0.6 is 15.9 Å². The molecule has 1 N–H and O–H groups in total. The third-order valence-electron chi connectivity index (χ3n) is 4.96. The molecule has 0 spiro atoms. The van der Waals surface area contributed by atoms with E-state index in [1.807, 2.05) is 6.07 Å². The molecule has 0 aliphatic heterocycles. The molecule has 0 saturated heterocycles. The van der Waals surface area contributed by atoms with Crippen LogP contribution in [0.5, 0.6) is 5.75 Å². The van der Waals surface area contributed by atoms with Gasteiger partial charge in [0.15, 0.2) is 0 Å². The Morgan fingerprint density at radius 2 is 1.97 bits per heavy atom. The molecule has 1 heterocycles. The molecule has 0 atom stereocenters. The highest BCUT2D eigenvalue weighted by atomic mass is 79.9. The summed E-state index contributed by atoms with van der Waals surface area (Å²) >= 11 is 3.26. The molecule has 0 aliphatic carbocycles. The van der Waals surface area contributed by atoms with Crippen molar-refractivity contribution < 1.29 is 18.3 Å². The molecule has 8 heteroatoms. The zero-order chi connectivity index (χ0) is 23.4. The van der Waals surface area contributed by atoms with Crippen molar-refractivity contribution in [2.24, 2.45) is 0 Å². The quantitative estimate of drug-likeness (QED) is 0.503. The van der Waals surface area contributed by atoms with Crippen LogP contribution in [0.2, 0.25) is 0 Å². The van der Waals surface area contributed by atoms with Crippen LogP contribution in [-0.2, 0) is 13.2 Å². The summed E-state index contributed by atoms with van der Waals surface area (Å²) in [5.41, 5.74) is 2.36. The van der Waals surface area contributed by atoms with Crippen LogP contribution in [0.4, 0.5) is 8.78 Å². The molecule has 3 aromatic rings. The number of ether oxygens (including phenoxy) is 1. The number of pyridine rings is 1. The van der Waals surface area contributed by atoms with Gasteiger partial charge in [0.2, 0.25) is 0 Å². The largest absolute Gasteiger partial charge is 0.487 e. The second kappa shape index (κ2) is 9.91. The van der Waals surface area contributed by atoms with Gasteiger partial charge in [0, 0.05) is 36.0 Å². The van der Waals surface area contributed by atoms with Gasteiger partial charge in [0.25, 0.3) is 11.5 Å². The summed E-state index contributed by atoms with van der Waals surface area (Å²) in [6.07, 6.45) is 1.60. The first-order chi connectivity index (χ1) is 15.2. The van der Waals surface area contributed by atoms with Crippen molar-refractivity contribution in [3.63, 3.8) is 0 Å². The minimum absolute atomic E-state index is 0.161. The molecule has 0 radical (unpaired) electrons. The first kappa shape index (κ1) is 23.4. The number of halogens is 3. The van der Waals surface area contributed by atoms with Crippen LogP contribution in [0, 0.1) is 18.6 Å². The molecular weight excluding hydrogens is 482 g/mol. The highest BCUT2D eigenvalue weighted by Crippen LogP contribution is 2.25. The fourth-order valence-corrected chi connectivity index (χ4v) is 3.65. The summed E-state index contributed by atoms with van der Waals surface area (Å²) in [5.74, 6) is -1.39. The lowest BCUT2D eigenvalue weighted by Crippen LogP contribution is -2.25.